The summed E-state index contributed by atoms with van der Waals surface area (Å²) >= 11 is 1.97. The molecule has 3 nitrogen and oxygen atoms in total. The Morgan fingerprint density at radius 2 is 2.43 bits per heavy atom. The van der Waals surface area contributed by atoms with Crippen LogP contribution in [0.5, 0.6) is 0 Å². The number of hydrogen-bond donors (Lipinski definition) is 1. The molecule has 1 rings (SSSR count). The molecule has 82 valence electrons. The molecule has 0 aromatic carbocycles. The largest absolute Gasteiger partial charge is 0.372 e. The molecule has 1 aliphatic heterocycles. The molecule has 1 fully saturated rings. The lowest BCUT2D eigenvalue weighted by Gasteiger charge is -2.21. The van der Waals surface area contributed by atoms with E-state index in [2.05, 4.69) is 5.32 Å². The highest BCUT2D eigenvalue weighted by atomic mass is 32.2. The predicted molar refractivity (Wildman–Crippen MR) is 59.6 cm³/mol. The molecule has 0 aromatic heterocycles. The van der Waals surface area contributed by atoms with Crippen molar-refractivity contribution in [2.75, 3.05) is 25.5 Å². The standard InChI is InChI=1S/C10H19NO2S/c1-2-13-8-10(12)11-7-9-5-3-4-6-14-9/h9H,2-8H2,1H3,(H,11,12). The molecule has 0 radical (unpaired) electrons. The minimum Gasteiger partial charge on any atom is -0.372 e. The highest BCUT2D eigenvalue weighted by Gasteiger charge is 2.14. The van der Waals surface area contributed by atoms with Gasteiger partial charge in [0.25, 0.3) is 0 Å². The molecule has 1 unspecified atom stereocenters. The summed E-state index contributed by atoms with van der Waals surface area (Å²) < 4.78 is 5.02. The van der Waals surface area contributed by atoms with E-state index in [-0.39, 0.29) is 12.5 Å². The smallest absolute Gasteiger partial charge is 0.246 e. The monoisotopic (exact) mass is 217 g/mol. The van der Waals surface area contributed by atoms with Crippen LogP contribution in [0.4, 0.5) is 0 Å². The molecule has 1 N–H and O–H groups in total. The second-order valence-electron chi connectivity index (χ2n) is 3.43. The van der Waals surface area contributed by atoms with E-state index >= 15 is 0 Å². The molecule has 0 saturated carbocycles. The van der Waals surface area contributed by atoms with E-state index in [0.29, 0.717) is 11.9 Å². The SMILES string of the molecule is CCOCC(=O)NCC1CCCCS1. The zero-order valence-electron chi connectivity index (χ0n) is 8.75. The molecule has 4 heteroatoms. The van der Waals surface area contributed by atoms with Crippen molar-refractivity contribution in [1.82, 2.24) is 5.32 Å². The van der Waals surface area contributed by atoms with Crippen LogP contribution in [-0.2, 0) is 9.53 Å². The Kier molecular flexibility index (Phi) is 6.03. The second kappa shape index (κ2) is 7.12. The molecule has 1 atom stereocenters. The van der Waals surface area contributed by atoms with Crippen molar-refractivity contribution in [2.45, 2.75) is 31.4 Å². The number of thioether (sulfide) groups is 1. The van der Waals surface area contributed by atoms with E-state index in [1.54, 1.807) is 0 Å². The quantitative estimate of drug-likeness (QED) is 0.757. The lowest BCUT2D eigenvalue weighted by molar-refractivity contribution is -0.125. The van der Waals surface area contributed by atoms with Crippen LogP contribution < -0.4 is 5.32 Å². The summed E-state index contributed by atoms with van der Waals surface area (Å²) in [5, 5.41) is 3.52. The minimum absolute atomic E-state index is 0.0121. The third-order valence-electron chi connectivity index (χ3n) is 2.24. The Hall–Kier alpha value is -0.220. The summed E-state index contributed by atoms with van der Waals surface area (Å²) in [5.41, 5.74) is 0. The molecule has 1 heterocycles. The number of amides is 1. The number of rotatable bonds is 5. The van der Waals surface area contributed by atoms with Crippen LogP contribution in [0.3, 0.4) is 0 Å². The maximum absolute atomic E-state index is 11.2. The molecule has 0 spiro atoms. The molecular weight excluding hydrogens is 198 g/mol. The van der Waals surface area contributed by atoms with Crippen LogP contribution >= 0.6 is 11.8 Å². The van der Waals surface area contributed by atoms with Crippen molar-refractivity contribution in [3.63, 3.8) is 0 Å². The molecule has 0 aliphatic carbocycles. The van der Waals surface area contributed by atoms with Crippen LogP contribution in [-0.4, -0.2) is 36.7 Å². The van der Waals surface area contributed by atoms with Crippen molar-refractivity contribution >= 4 is 17.7 Å². The summed E-state index contributed by atoms with van der Waals surface area (Å²) in [5.74, 6) is 1.25. The first kappa shape index (κ1) is 11.9. The van der Waals surface area contributed by atoms with Gasteiger partial charge < -0.3 is 10.1 Å². The fraction of sp³-hybridized carbons (Fsp3) is 0.900. The fourth-order valence-electron chi connectivity index (χ4n) is 1.44. The number of ether oxygens (including phenoxy) is 1. The van der Waals surface area contributed by atoms with Gasteiger partial charge in [0.05, 0.1) is 0 Å². The van der Waals surface area contributed by atoms with Gasteiger partial charge in [0.2, 0.25) is 5.91 Å². The summed E-state index contributed by atoms with van der Waals surface area (Å²) in [4.78, 5) is 11.2. The van der Waals surface area contributed by atoms with E-state index in [9.17, 15) is 4.79 Å². The van der Waals surface area contributed by atoms with Crippen molar-refractivity contribution in [1.29, 1.82) is 0 Å². The number of carbonyl (C=O) groups is 1. The first-order valence-corrected chi connectivity index (χ1v) is 6.34. The molecule has 0 aromatic rings. The van der Waals surface area contributed by atoms with Crippen molar-refractivity contribution < 1.29 is 9.53 Å². The van der Waals surface area contributed by atoms with Gasteiger partial charge in [0.1, 0.15) is 6.61 Å². The van der Waals surface area contributed by atoms with E-state index in [1.165, 1.54) is 25.0 Å². The van der Waals surface area contributed by atoms with Crippen LogP contribution in [0.25, 0.3) is 0 Å². The molecule has 14 heavy (non-hydrogen) atoms. The van der Waals surface area contributed by atoms with Crippen LogP contribution in [0.2, 0.25) is 0 Å². The molecule has 0 bridgehead atoms. The summed E-state index contributed by atoms with van der Waals surface area (Å²) in [6.07, 6.45) is 3.87. The van der Waals surface area contributed by atoms with E-state index < -0.39 is 0 Å². The number of carbonyl (C=O) groups excluding carboxylic acids is 1. The van der Waals surface area contributed by atoms with Crippen LogP contribution in [0.15, 0.2) is 0 Å². The van der Waals surface area contributed by atoms with Crippen molar-refractivity contribution in [3.05, 3.63) is 0 Å². The van der Waals surface area contributed by atoms with E-state index in [4.69, 9.17) is 4.74 Å². The normalized spacial score (nSPS) is 21.9. The summed E-state index contributed by atoms with van der Waals surface area (Å²) in [6, 6.07) is 0. The topological polar surface area (TPSA) is 38.3 Å². The maximum atomic E-state index is 11.2. The van der Waals surface area contributed by atoms with E-state index in [0.717, 1.165) is 6.54 Å². The molecule has 1 amide bonds. The van der Waals surface area contributed by atoms with E-state index in [1.807, 2.05) is 18.7 Å². The Morgan fingerprint density at radius 1 is 1.57 bits per heavy atom. The maximum Gasteiger partial charge on any atom is 0.246 e. The van der Waals surface area contributed by atoms with Gasteiger partial charge in [-0.2, -0.15) is 11.8 Å². The zero-order valence-corrected chi connectivity index (χ0v) is 9.57. The van der Waals surface area contributed by atoms with Crippen LogP contribution in [0.1, 0.15) is 26.2 Å². The van der Waals surface area contributed by atoms with Gasteiger partial charge in [-0.15, -0.1) is 0 Å². The van der Waals surface area contributed by atoms with Gasteiger partial charge in [-0.25, -0.2) is 0 Å². The Balaban J connectivity index is 2.03. The predicted octanol–water partition coefficient (Wildman–Crippen LogP) is 1.42. The Bertz CT molecular complexity index is 170. The van der Waals surface area contributed by atoms with Gasteiger partial charge in [-0.05, 0) is 25.5 Å². The van der Waals surface area contributed by atoms with Gasteiger partial charge in [0.15, 0.2) is 0 Å². The molecular formula is C10H19NO2S. The average Bonchev–Trinajstić information content (AvgIpc) is 2.25. The lowest BCUT2D eigenvalue weighted by atomic mass is 10.2. The third-order valence-corrected chi connectivity index (χ3v) is 3.64. The summed E-state index contributed by atoms with van der Waals surface area (Å²) in [7, 11) is 0. The fourth-order valence-corrected chi connectivity index (χ4v) is 2.68. The molecule has 1 saturated heterocycles. The second-order valence-corrected chi connectivity index (χ2v) is 4.84. The highest BCUT2D eigenvalue weighted by Crippen LogP contribution is 2.24. The van der Waals surface area contributed by atoms with Crippen LogP contribution in [0, 0.1) is 0 Å². The summed E-state index contributed by atoms with van der Waals surface area (Å²) in [6.45, 7) is 3.50. The van der Waals surface area contributed by atoms with Gasteiger partial charge in [-0.3, -0.25) is 4.79 Å². The Morgan fingerprint density at radius 3 is 3.07 bits per heavy atom. The van der Waals surface area contributed by atoms with Gasteiger partial charge in [0, 0.05) is 18.4 Å². The number of nitrogens with one attached hydrogen (secondary N) is 1. The first-order valence-electron chi connectivity index (χ1n) is 5.29. The third kappa shape index (κ3) is 4.86. The molecule has 1 aliphatic rings. The highest BCUT2D eigenvalue weighted by molar-refractivity contribution is 7.99. The van der Waals surface area contributed by atoms with Crippen molar-refractivity contribution in [2.24, 2.45) is 0 Å². The Labute approximate surface area is 90.0 Å². The average molecular weight is 217 g/mol. The zero-order chi connectivity index (χ0) is 10.2. The first-order chi connectivity index (χ1) is 6.83. The van der Waals surface area contributed by atoms with Gasteiger partial charge >= 0.3 is 0 Å². The van der Waals surface area contributed by atoms with Gasteiger partial charge in [-0.1, -0.05) is 6.42 Å². The number of hydrogen-bond acceptors (Lipinski definition) is 3. The minimum atomic E-state index is 0.0121. The lowest BCUT2D eigenvalue weighted by Crippen LogP contribution is -2.34. The van der Waals surface area contributed by atoms with Crippen molar-refractivity contribution in [3.8, 4) is 0 Å².